The Kier molecular flexibility index (Phi) is 4.21. The number of aryl methyl sites for hydroxylation is 1. The molecule has 0 bridgehead atoms. The standard InChI is InChI=1S/C19H14O7/c1-9-16(17(20)10-3-5-11(25-2)6-4-10)14-7-12(18(21)22)13(19(23)24)8-15(14)26-9/h3-8H,1-2H3,(H,21,22)(H,23,24). The van der Waals surface area contributed by atoms with Crippen molar-refractivity contribution in [1.82, 2.24) is 0 Å². The molecule has 26 heavy (non-hydrogen) atoms. The molecule has 3 aromatic rings. The highest BCUT2D eigenvalue weighted by molar-refractivity contribution is 6.18. The van der Waals surface area contributed by atoms with E-state index in [0.717, 1.165) is 12.1 Å². The third-order valence-corrected chi connectivity index (χ3v) is 4.04. The van der Waals surface area contributed by atoms with E-state index in [1.807, 2.05) is 0 Å². The Balaban J connectivity index is 2.20. The molecule has 0 saturated carbocycles. The second-order valence-electron chi connectivity index (χ2n) is 5.60. The number of ether oxygens (including phenoxy) is 1. The summed E-state index contributed by atoms with van der Waals surface area (Å²) >= 11 is 0. The van der Waals surface area contributed by atoms with Gasteiger partial charge in [0.1, 0.15) is 17.1 Å². The zero-order valence-corrected chi connectivity index (χ0v) is 13.9. The highest BCUT2D eigenvalue weighted by atomic mass is 16.5. The summed E-state index contributed by atoms with van der Waals surface area (Å²) in [6.45, 7) is 1.57. The number of carbonyl (C=O) groups excluding carboxylic acids is 1. The van der Waals surface area contributed by atoms with E-state index in [2.05, 4.69) is 0 Å². The molecule has 0 unspecified atom stereocenters. The lowest BCUT2D eigenvalue weighted by molar-refractivity contribution is 0.0652. The molecule has 0 radical (unpaired) electrons. The minimum Gasteiger partial charge on any atom is -0.497 e. The van der Waals surface area contributed by atoms with Crippen LogP contribution in [-0.4, -0.2) is 35.0 Å². The summed E-state index contributed by atoms with van der Waals surface area (Å²) < 4.78 is 10.6. The highest BCUT2D eigenvalue weighted by Crippen LogP contribution is 2.31. The van der Waals surface area contributed by atoms with E-state index in [9.17, 15) is 24.6 Å². The molecule has 2 N–H and O–H groups in total. The van der Waals surface area contributed by atoms with Gasteiger partial charge in [-0.05, 0) is 43.3 Å². The highest BCUT2D eigenvalue weighted by Gasteiger charge is 2.24. The second kappa shape index (κ2) is 6.36. The predicted molar refractivity (Wildman–Crippen MR) is 91.3 cm³/mol. The number of rotatable bonds is 5. The first-order valence-corrected chi connectivity index (χ1v) is 7.56. The number of hydrogen-bond acceptors (Lipinski definition) is 5. The maximum Gasteiger partial charge on any atom is 0.336 e. The van der Waals surface area contributed by atoms with Gasteiger partial charge in [-0.1, -0.05) is 0 Å². The second-order valence-corrected chi connectivity index (χ2v) is 5.60. The average Bonchev–Trinajstić information content (AvgIpc) is 2.94. The van der Waals surface area contributed by atoms with Gasteiger partial charge in [-0.15, -0.1) is 0 Å². The molecule has 2 aromatic carbocycles. The first kappa shape index (κ1) is 17.2. The molecule has 0 atom stereocenters. The van der Waals surface area contributed by atoms with Crippen LogP contribution in [0.4, 0.5) is 0 Å². The van der Waals surface area contributed by atoms with Crippen molar-refractivity contribution in [1.29, 1.82) is 0 Å². The summed E-state index contributed by atoms with van der Waals surface area (Å²) in [7, 11) is 1.51. The fraction of sp³-hybridized carbons (Fsp3) is 0.105. The molecule has 0 aliphatic carbocycles. The molecular formula is C19H14O7. The number of aromatic carboxylic acids is 2. The SMILES string of the molecule is COc1ccc(C(=O)c2c(C)oc3cc(C(=O)O)c(C(=O)O)cc23)cc1. The normalized spacial score (nSPS) is 10.7. The Morgan fingerprint density at radius 1 is 0.962 bits per heavy atom. The van der Waals surface area contributed by atoms with E-state index >= 15 is 0 Å². The number of furan rings is 1. The summed E-state index contributed by atoms with van der Waals surface area (Å²) in [6, 6.07) is 8.73. The Morgan fingerprint density at radius 2 is 1.54 bits per heavy atom. The summed E-state index contributed by atoms with van der Waals surface area (Å²) in [5.74, 6) is -2.27. The molecule has 0 amide bonds. The number of fused-ring (bicyclic) bond motifs is 1. The third kappa shape index (κ3) is 2.79. The number of benzene rings is 2. The van der Waals surface area contributed by atoms with Crippen LogP contribution in [0.15, 0.2) is 40.8 Å². The van der Waals surface area contributed by atoms with Crippen LogP contribution in [0.5, 0.6) is 5.75 Å². The van der Waals surface area contributed by atoms with Crippen LogP contribution in [0.1, 0.15) is 42.4 Å². The van der Waals surface area contributed by atoms with Gasteiger partial charge in [-0.3, -0.25) is 4.79 Å². The lowest BCUT2D eigenvalue weighted by Gasteiger charge is -2.04. The first-order valence-electron chi connectivity index (χ1n) is 7.56. The Bertz CT molecular complexity index is 1040. The van der Waals surface area contributed by atoms with Crippen molar-refractivity contribution in [3.63, 3.8) is 0 Å². The van der Waals surface area contributed by atoms with Crippen molar-refractivity contribution >= 4 is 28.7 Å². The number of ketones is 1. The van der Waals surface area contributed by atoms with Gasteiger partial charge in [0.2, 0.25) is 0 Å². The maximum absolute atomic E-state index is 12.9. The molecule has 1 heterocycles. The van der Waals surface area contributed by atoms with Crippen LogP contribution in [0.3, 0.4) is 0 Å². The molecule has 132 valence electrons. The van der Waals surface area contributed by atoms with Gasteiger partial charge >= 0.3 is 11.9 Å². The molecule has 1 aromatic heterocycles. The average molecular weight is 354 g/mol. The van der Waals surface area contributed by atoms with Crippen LogP contribution < -0.4 is 4.74 Å². The topological polar surface area (TPSA) is 114 Å². The van der Waals surface area contributed by atoms with Gasteiger partial charge in [0.15, 0.2) is 5.78 Å². The molecule has 0 spiro atoms. The molecule has 7 heteroatoms. The molecule has 3 rings (SSSR count). The van der Waals surface area contributed by atoms with Crippen LogP contribution in [0, 0.1) is 6.92 Å². The number of carboxylic acid groups (broad SMARTS) is 2. The summed E-state index contributed by atoms with van der Waals surface area (Å²) in [5, 5.41) is 18.8. The maximum atomic E-state index is 12.9. The van der Waals surface area contributed by atoms with Crippen molar-refractivity contribution in [3.05, 3.63) is 64.4 Å². The van der Waals surface area contributed by atoms with Crippen LogP contribution >= 0.6 is 0 Å². The van der Waals surface area contributed by atoms with Gasteiger partial charge in [0, 0.05) is 10.9 Å². The quantitative estimate of drug-likeness (QED) is 0.675. The number of carboxylic acids is 2. The lowest BCUT2D eigenvalue weighted by atomic mass is 9.97. The van der Waals surface area contributed by atoms with Crippen LogP contribution in [0.25, 0.3) is 11.0 Å². The fourth-order valence-electron chi connectivity index (χ4n) is 2.79. The van der Waals surface area contributed by atoms with E-state index in [-0.39, 0.29) is 28.1 Å². The number of hydrogen-bond donors (Lipinski definition) is 2. The molecule has 0 aliphatic heterocycles. The Morgan fingerprint density at radius 3 is 2.08 bits per heavy atom. The Hall–Kier alpha value is -3.61. The van der Waals surface area contributed by atoms with E-state index < -0.39 is 23.1 Å². The Labute approximate surface area is 147 Å². The van der Waals surface area contributed by atoms with E-state index in [0.29, 0.717) is 11.3 Å². The van der Waals surface area contributed by atoms with Gasteiger partial charge in [0.05, 0.1) is 23.8 Å². The van der Waals surface area contributed by atoms with E-state index in [1.54, 1.807) is 31.2 Å². The zero-order valence-electron chi connectivity index (χ0n) is 13.9. The van der Waals surface area contributed by atoms with Crippen molar-refractivity contribution in [2.24, 2.45) is 0 Å². The van der Waals surface area contributed by atoms with Crippen molar-refractivity contribution in [2.75, 3.05) is 7.11 Å². The summed E-state index contributed by atoms with van der Waals surface area (Å²) in [6.07, 6.45) is 0. The largest absolute Gasteiger partial charge is 0.497 e. The summed E-state index contributed by atoms with van der Waals surface area (Å²) in [5.41, 5.74) is -0.0982. The number of methoxy groups -OCH3 is 1. The smallest absolute Gasteiger partial charge is 0.336 e. The minimum atomic E-state index is -1.40. The van der Waals surface area contributed by atoms with Crippen LogP contribution in [0.2, 0.25) is 0 Å². The summed E-state index contributed by atoms with van der Waals surface area (Å²) in [4.78, 5) is 35.6. The molecule has 7 nitrogen and oxygen atoms in total. The third-order valence-electron chi connectivity index (χ3n) is 4.04. The van der Waals surface area contributed by atoms with E-state index in [1.165, 1.54) is 7.11 Å². The van der Waals surface area contributed by atoms with E-state index in [4.69, 9.17) is 9.15 Å². The van der Waals surface area contributed by atoms with Gasteiger partial charge in [-0.2, -0.15) is 0 Å². The molecule has 0 aliphatic rings. The van der Waals surface area contributed by atoms with Gasteiger partial charge in [-0.25, -0.2) is 9.59 Å². The monoisotopic (exact) mass is 354 g/mol. The van der Waals surface area contributed by atoms with Gasteiger partial charge in [0.25, 0.3) is 0 Å². The van der Waals surface area contributed by atoms with Crippen molar-refractivity contribution < 1.29 is 33.8 Å². The van der Waals surface area contributed by atoms with Crippen molar-refractivity contribution in [2.45, 2.75) is 6.92 Å². The number of carbonyl (C=O) groups is 3. The first-order chi connectivity index (χ1) is 12.3. The molecule has 0 fully saturated rings. The van der Waals surface area contributed by atoms with Crippen LogP contribution in [-0.2, 0) is 0 Å². The minimum absolute atomic E-state index is 0.141. The van der Waals surface area contributed by atoms with Gasteiger partial charge < -0.3 is 19.4 Å². The zero-order chi connectivity index (χ0) is 19.0. The lowest BCUT2D eigenvalue weighted by Crippen LogP contribution is -2.08. The predicted octanol–water partition coefficient (Wildman–Crippen LogP) is 3.38. The fourth-order valence-corrected chi connectivity index (χ4v) is 2.79. The molecular weight excluding hydrogens is 340 g/mol. The molecule has 0 saturated heterocycles. The van der Waals surface area contributed by atoms with Crippen molar-refractivity contribution in [3.8, 4) is 5.75 Å².